The van der Waals surface area contributed by atoms with E-state index in [1.54, 1.807) is 14.2 Å². The highest BCUT2D eigenvalue weighted by molar-refractivity contribution is 5.80. The van der Waals surface area contributed by atoms with Gasteiger partial charge in [0.15, 0.2) is 16.9 Å². The molecule has 3 heterocycles. The van der Waals surface area contributed by atoms with E-state index in [0.717, 1.165) is 46.3 Å². The lowest BCUT2D eigenvalue weighted by atomic mass is 9.97. The summed E-state index contributed by atoms with van der Waals surface area (Å²) in [5.74, 6) is 1.90. The Morgan fingerprint density at radius 1 is 0.872 bits per heavy atom. The molecular formula is C32H28N4O3. The first-order chi connectivity index (χ1) is 19.1. The molecule has 0 fully saturated rings. The molecule has 3 aromatic carbocycles. The molecule has 0 saturated heterocycles. The summed E-state index contributed by atoms with van der Waals surface area (Å²) in [6.45, 7) is 0.437. The van der Waals surface area contributed by atoms with Crippen LogP contribution in [0.25, 0.3) is 22.0 Å². The van der Waals surface area contributed by atoms with Crippen LogP contribution in [0.2, 0.25) is 0 Å². The summed E-state index contributed by atoms with van der Waals surface area (Å²) in [6, 6.07) is 20.0. The molecule has 2 aliphatic rings. The minimum absolute atomic E-state index is 0.0648. The van der Waals surface area contributed by atoms with Gasteiger partial charge in [-0.2, -0.15) is 0 Å². The van der Waals surface area contributed by atoms with Crippen molar-refractivity contribution in [3.8, 4) is 22.6 Å². The number of benzene rings is 3. The van der Waals surface area contributed by atoms with E-state index in [-0.39, 0.29) is 11.5 Å². The van der Waals surface area contributed by atoms with Gasteiger partial charge in [-0.3, -0.25) is 4.79 Å². The largest absolute Gasteiger partial charge is 0.493 e. The van der Waals surface area contributed by atoms with Gasteiger partial charge in [-0.15, -0.1) is 0 Å². The number of hydrogen-bond acceptors (Lipinski definition) is 6. The molecule has 1 unspecified atom stereocenters. The van der Waals surface area contributed by atoms with Gasteiger partial charge in [0.1, 0.15) is 0 Å². The maximum Gasteiger partial charge on any atom is 0.226 e. The van der Waals surface area contributed by atoms with Gasteiger partial charge in [0.25, 0.3) is 0 Å². The molecule has 1 atom stereocenters. The van der Waals surface area contributed by atoms with Crippen molar-refractivity contribution in [3.63, 3.8) is 0 Å². The van der Waals surface area contributed by atoms with E-state index in [1.165, 1.54) is 17.5 Å². The van der Waals surface area contributed by atoms with Crippen LogP contribution in [0.3, 0.4) is 0 Å². The molecule has 39 heavy (non-hydrogen) atoms. The van der Waals surface area contributed by atoms with Crippen molar-refractivity contribution in [1.29, 1.82) is 0 Å². The van der Waals surface area contributed by atoms with Crippen LogP contribution in [0, 0.1) is 0 Å². The fourth-order valence-electron chi connectivity index (χ4n) is 6.03. The molecule has 7 rings (SSSR count). The topological polar surface area (TPSA) is 80.3 Å². The van der Waals surface area contributed by atoms with Crippen molar-refractivity contribution in [2.45, 2.75) is 31.8 Å². The molecule has 1 N–H and O–H groups in total. The number of nitrogens with zero attached hydrogens (tertiary/aromatic N) is 3. The quantitative estimate of drug-likeness (QED) is 0.328. The highest BCUT2D eigenvalue weighted by Gasteiger charge is 2.36. The van der Waals surface area contributed by atoms with Gasteiger partial charge in [0, 0.05) is 34.4 Å². The molecule has 2 aromatic heterocycles. The number of aromatic amines is 1. The van der Waals surface area contributed by atoms with Crippen molar-refractivity contribution >= 4 is 16.9 Å². The molecule has 194 valence electrons. The van der Waals surface area contributed by atoms with Crippen LogP contribution in [-0.2, 0) is 19.4 Å². The number of rotatable bonds is 5. The van der Waals surface area contributed by atoms with Crippen LogP contribution in [0.5, 0.6) is 11.5 Å². The number of nitrogens with one attached hydrogen (secondary N) is 1. The minimum atomic E-state index is -0.185. The first-order valence-corrected chi connectivity index (χ1v) is 13.2. The average molecular weight is 517 g/mol. The molecule has 0 radical (unpaired) electrons. The van der Waals surface area contributed by atoms with Gasteiger partial charge in [-0.05, 0) is 65.8 Å². The number of H-pyrrole nitrogens is 1. The first-order valence-electron chi connectivity index (χ1n) is 13.2. The summed E-state index contributed by atoms with van der Waals surface area (Å²) in [4.78, 5) is 28.9. The maximum atomic E-state index is 13.6. The Labute approximate surface area is 226 Å². The number of methoxy groups -OCH3 is 2. The Morgan fingerprint density at radius 2 is 1.67 bits per heavy atom. The number of ether oxygens (including phenoxy) is 2. The summed E-state index contributed by atoms with van der Waals surface area (Å²) < 4.78 is 10.8. The first kappa shape index (κ1) is 23.5. The number of aromatic nitrogens is 3. The second kappa shape index (κ2) is 9.27. The molecule has 7 heteroatoms. The lowest BCUT2D eigenvalue weighted by Crippen LogP contribution is -2.25. The number of pyridine rings is 1. The summed E-state index contributed by atoms with van der Waals surface area (Å²) >= 11 is 0. The van der Waals surface area contributed by atoms with E-state index in [2.05, 4.69) is 28.1 Å². The fraction of sp³-hybridized carbons (Fsp3) is 0.219. The summed E-state index contributed by atoms with van der Waals surface area (Å²) in [5.41, 5.74) is 8.37. The van der Waals surface area contributed by atoms with E-state index < -0.39 is 0 Å². The van der Waals surface area contributed by atoms with Gasteiger partial charge in [0.05, 0.1) is 32.5 Å². The van der Waals surface area contributed by atoms with Crippen LogP contribution in [-0.4, -0.2) is 29.2 Å². The molecule has 5 aromatic rings. The van der Waals surface area contributed by atoms with E-state index >= 15 is 0 Å². The van der Waals surface area contributed by atoms with Crippen LogP contribution < -0.4 is 19.8 Å². The molecule has 0 spiro atoms. The number of hydrogen-bond donors (Lipinski definition) is 1. The molecular weight excluding hydrogens is 488 g/mol. The zero-order valence-corrected chi connectivity index (χ0v) is 21.9. The third kappa shape index (κ3) is 3.84. The van der Waals surface area contributed by atoms with Crippen molar-refractivity contribution in [2.75, 3.05) is 19.1 Å². The molecule has 1 aliphatic carbocycles. The summed E-state index contributed by atoms with van der Waals surface area (Å²) in [6.07, 6.45) is 7.05. The zero-order chi connectivity index (χ0) is 26.5. The van der Waals surface area contributed by atoms with Crippen LogP contribution in [0.4, 0.5) is 5.95 Å². The Bertz CT molecular complexity index is 1780. The number of fused-ring (bicyclic) bond motifs is 3. The van der Waals surface area contributed by atoms with Crippen molar-refractivity contribution in [2.24, 2.45) is 0 Å². The smallest absolute Gasteiger partial charge is 0.226 e. The molecule has 7 nitrogen and oxygen atoms in total. The van der Waals surface area contributed by atoms with Crippen molar-refractivity contribution in [1.82, 2.24) is 15.0 Å². The lowest BCUT2D eigenvalue weighted by Gasteiger charge is -2.26. The zero-order valence-electron chi connectivity index (χ0n) is 21.9. The predicted octanol–water partition coefficient (Wildman–Crippen LogP) is 5.60. The average Bonchev–Trinajstić information content (AvgIpc) is 3.61. The van der Waals surface area contributed by atoms with Gasteiger partial charge in [-0.25, -0.2) is 9.97 Å². The highest BCUT2D eigenvalue weighted by atomic mass is 16.5. The van der Waals surface area contributed by atoms with E-state index in [0.29, 0.717) is 29.4 Å². The fourth-order valence-corrected chi connectivity index (χ4v) is 6.03. The van der Waals surface area contributed by atoms with E-state index in [4.69, 9.17) is 19.4 Å². The second-order valence-corrected chi connectivity index (χ2v) is 10.1. The van der Waals surface area contributed by atoms with Gasteiger partial charge < -0.3 is 19.4 Å². The highest BCUT2D eigenvalue weighted by Crippen LogP contribution is 2.40. The Hall–Kier alpha value is -4.65. The standard InChI is InChI=1S/C32H28N4O3/c1-38-27-13-12-21(15-28(27)39-2)23-16-33-32(34-17-23)36-18-25-29(35-26-9-4-3-8-24(26)31(25)37)30(36)22-11-10-19-6-5-7-20(19)14-22/h3-4,8-17,30H,5-7,18H2,1-2H3,(H,35,37). The monoisotopic (exact) mass is 516 g/mol. The molecule has 1 aliphatic heterocycles. The maximum absolute atomic E-state index is 13.6. The summed E-state index contributed by atoms with van der Waals surface area (Å²) in [5, 5.41) is 0.704. The third-order valence-corrected chi connectivity index (χ3v) is 8.00. The molecule has 0 bridgehead atoms. The Morgan fingerprint density at radius 3 is 2.49 bits per heavy atom. The van der Waals surface area contributed by atoms with Crippen LogP contribution >= 0.6 is 0 Å². The van der Waals surface area contributed by atoms with Gasteiger partial charge in [-0.1, -0.05) is 36.4 Å². The van der Waals surface area contributed by atoms with Crippen LogP contribution in [0.1, 0.15) is 40.4 Å². The van der Waals surface area contributed by atoms with Crippen molar-refractivity contribution < 1.29 is 9.47 Å². The predicted molar refractivity (Wildman–Crippen MR) is 152 cm³/mol. The van der Waals surface area contributed by atoms with Crippen molar-refractivity contribution in [3.05, 3.63) is 111 Å². The third-order valence-electron chi connectivity index (χ3n) is 8.00. The van der Waals surface area contributed by atoms with Gasteiger partial charge >= 0.3 is 0 Å². The van der Waals surface area contributed by atoms with Crippen LogP contribution in [0.15, 0.2) is 77.9 Å². The second-order valence-electron chi connectivity index (χ2n) is 10.1. The molecule has 0 saturated carbocycles. The number of anilines is 1. The number of para-hydroxylation sites is 1. The Kier molecular flexibility index (Phi) is 5.58. The Balaban J connectivity index is 1.32. The normalized spacial score (nSPS) is 15.8. The summed E-state index contributed by atoms with van der Waals surface area (Å²) in [7, 11) is 3.24. The van der Waals surface area contributed by atoms with Gasteiger partial charge in [0.2, 0.25) is 5.95 Å². The van der Waals surface area contributed by atoms with E-state index in [1.807, 2.05) is 54.9 Å². The lowest BCUT2D eigenvalue weighted by molar-refractivity contribution is 0.355. The SMILES string of the molecule is COc1ccc(-c2cnc(N3Cc4c([nH]c5ccccc5c4=O)C3c3ccc4c(c3)CCC4)nc2)cc1OC. The molecule has 0 amide bonds. The number of aryl methyl sites for hydroxylation is 2. The van der Waals surface area contributed by atoms with E-state index in [9.17, 15) is 4.79 Å². The minimum Gasteiger partial charge on any atom is -0.493 e.